The molecule has 3 rings (SSSR count). The molecule has 0 atom stereocenters. The van der Waals surface area contributed by atoms with Crippen molar-refractivity contribution in [3.63, 3.8) is 0 Å². The summed E-state index contributed by atoms with van der Waals surface area (Å²) in [5, 5.41) is 2.90. The molecule has 1 saturated heterocycles. The van der Waals surface area contributed by atoms with Gasteiger partial charge < -0.3 is 9.73 Å². The van der Waals surface area contributed by atoms with Crippen molar-refractivity contribution >= 4 is 5.91 Å². The molecular formula is C24H36N4O2. The number of piperazine rings is 1. The number of nitrogens with one attached hydrogen (secondary N) is 1. The average Bonchev–Trinajstić information content (AvgIpc) is 3.18. The van der Waals surface area contributed by atoms with Crippen LogP contribution in [0.1, 0.15) is 67.5 Å². The highest BCUT2D eigenvalue weighted by molar-refractivity contribution is 5.91. The molecule has 0 aliphatic carbocycles. The van der Waals surface area contributed by atoms with Gasteiger partial charge in [0.15, 0.2) is 5.69 Å². The molecule has 1 amide bonds. The zero-order chi connectivity index (χ0) is 21.5. The number of carbonyl (C=O) groups excluding carboxylic acids is 1. The van der Waals surface area contributed by atoms with Crippen LogP contribution in [0.5, 0.6) is 0 Å². The minimum Gasteiger partial charge on any atom is -0.447 e. The summed E-state index contributed by atoms with van der Waals surface area (Å²) in [6.45, 7) is 15.0. The third-order valence-corrected chi connectivity index (χ3v) is 5.67. The maximum atomic E-state index is 12.2. The lowest BCUT2D eigenvalue weighted by Crippen LogP contribution is -2.45. The number of hydrogen-bond donors (Lipinski definition) is 1. The normalized spacial score (nSPS) is 15.8. The number of hydrogen-bond acceptors (Lipinski definition) is 5. The molecule has 6 nitrogen and oxygen atoms in total. The van der Waals surface area contributed by atoms with Gasteiger partial charge in [-0.15, -0.1) is 0 Å². The second kappa shape index (κ2) is 10.7. The highest BCUT2D eigenvalue weighted by atomic mass is 16.3. The Kier molecular flexibility index (Phi) is 8.05. The van der Waals surface area contributed by atoms with Gasteiger partial charge in [0.2, 0.25) is 5.89 Å². The van der Waals surface area contributed by atoms with E-state index in [1.54, 1.807) is 0 Å². The number of oxazole rings is 1. The van der Waals surface area contributed by atoms with E-state index in [-0.39, 0.29) is 5.91 Å². The first-order valence-corrected chi connectivity index (χ1v) is 11.2. The molecule has 30 heavy (non-hydrogen) atoms. The third kappa shape index (κ3) is 6.67. The van der Waals surface area contributed by atoms with Gasteiger partial charge in [0, 0.05) is 39.3 Å². The summed E-state index contributed by atoms with van der Waals surface area (Å²) in [6.07, 6.45) is 2.43. The smallest absolute Gasteiger partial charge is 0.273 e. The Morgan fingerprint density at radius 2 is 1.67 bits per heavy atom. The van der Waals surface area contributed by atoms with E-state index in [9.17, 15) is 4.79 Å². The number of carbonyl (C=O) groups is 1. The molecule has 2 heterocycles. The number of rotatable bonds is 9. The maximum Gasteiger partial charge on any atom is 0.273 e. The summed E-state index contributed by atoms with van der Waals surface area (Å²) in [4.78, 5) is 21.4. The summed E-state index contributed by atoms with van der Waals surface area (Å²) >= 11 is 0. The molecule has 2 aromatic rings. The van der Waals surface area contributed by atoms with E-state index in [2.05, 4.69) is 72.1 Å². The van der Waals surface area contributed by atoms with Crippen LogP contribution in [-0.4, -0.2) is 53.4 Å². The molecule has 6 heteroatoms. The molecule has 164 valence electrons. The zero-order valence-electron chi connectivity index (χ0n) is 18.9. The van der Waals surface area contributed by atoms with Crippen molar-refractivity contribution in [3.05, 3.63) is 53.2 Å². The zero-order valence-corrected chi connectivity index (χ0v) is 18.9. The van der Waals surface area contributed by atoms with Crippen LogP contribution in [0.3, 0.4) is 0 Å². The highest BCUT2D eigenvalue weighted by Gasteiger charge is 2.20. The first-order chi connectivity index (χ1) is 14.4. The van der Waals surface area contributed by atoms with Gasteiger partial charge in [0.1, 0.15) is 6.26 Å². The molecule has 0 saturated carbocycles. The van der Waals surface area contributed by atoms with Crippen molar-refractivity contribution in [2.24, 2.45) is 5.92 Å². The van der Waals surface area contributed by atoms with Crippen molar-refractivity contribution in [1.29, 1.82) is 0 Å². The summed E-state index contributed by atoms with van der Waals surface area (Å²) in [5.41, 5.74) is 3.13. The Hall–Kier alpha value is -2.18. The predicted octanol–water partition coefficient (Wildman–Crippen LogP) is 3.89. The lowest BCUT2D eigenvalue weighted by atomic mass is 10.0. The van der Waals surface area contributed by atoms with Crippen LogP contribution in [0.2, 0.25) is 0 Å². The minimum absolute atomic E-state index is 0.154. The molecule has 0 radical (unpaired) electrons. The average molecular weight is 413 g/mol. The summed E-state index contributed by atoms with van der Waals surface area (Å²) in [5.74, 6) is 1.60. The first-order valence-electron chi connectivity index (χ1n) is 11.2. The van der Waals surface area contributed by atoms with Crippen molar-refractivity contribution in [1.82, 2.24) is 20.1 Å². The standard InChI is InChI=1S/C24H36N4O2/c1-18(2)9-10-25-24(29)22-17-30-23(26-22)16-28-13-11-27(12-14-28)15-20-5-7-21(8-6-20)19(3)4/h5-8,17-19H,9-16H2,1-4H3,(H,25,29). The van der Waals surface area contributed by atoms with E-state index < -0.39 is 0 Å². The van der Waals surface area contributed by atoms with Gasteiger partial charge in [-0.1, -0.05) is 52.0 Å². The lowest BCUT2D eigenvalue weighted by Gasteiger charge is -2.34. The summed E-state index contributed by atoms with van der Waals surface area (Å²) in [7, 11) is 0. The van der Waals surface area contributed by atoms with Crippen LogP contribution in [0.15, 0.2) is 34.9 Å². The molecular weight excluding hydrogens is 376 g/mol. The Morgan fingerprint density at radius 3 is 2.27 bits per heavy atom. The Balaban J connectivity index is 1.41. The van der Waals surface area contributed by atoms with E-state index in [0.717, 1.165) is 39.1 Å². The number of nitrogens with zero attached hydrogens (tertiary/aromatic N) is 3. The molecule has 1 fully saturated rings. The topological polar surface area (TPSA) is 61.6 Å². The van der Waals surface area contributed by atoms with E-state index >= 15 is 0 Å². The molecule has 0 unspecified atom stereocenters. The van der Waals surface area contributed by atoms with Crippen molar-refractivity contribution < 1.29 is 9.21 Å². The van der Waals surface area contributed by atoms with Crippen LogP contribution in [0.25, 0.3) is 0 Å². The van der Waals surface area contributed by atoms with Crippen LogP contribution in [0.4, 0.5) is 0 Å². The second-order valence-electron chi connectivity index (χ2n) is 9.01. The maximum absolute atomic E-state index is 12.2. The molecule has 1 N–H and O–H groups in total. The fourth-order valence-corrected chi connectivity index (χ4v) is 3.62. The summed E-state index contributed by atoms with van der Waals surface area (Å²) in [6, 6.07) is 9.00. The van der Waals surface area contributed by atoms with Crippen LogP contribution in [0, 0.1) is 5.92 Å². The quantitative estimate of drug-likeness (QED) is 0.677. The van der Waals surface area contributed by atoms with Crippen LogP contribution >= 0.6 is 0 Å². The SMILES string of the molecule is CC(C)CCNC(=O)c1coc(CN2CCN(Cc3ccc(C(C)C)cc3)CC2)n1. The Morgan fingerprint density at radius 1 is 1.03 bits per heavy atom. The van der Waals surface area contributed by atoms with Crippen LogP contribution in [-0.2, 0) is 13.1 Å². The summed E-state index contributed by atoms with van der Waals surface area (Å²) < 4.78 is 5.54. The Labute approximate surface area is 180 Å². The van der Waals surface area contributed by atoms with E-state index in [1.165, 1.54) is 17.4 Å². The minimum atomic E-state index is -0.154. The first kappa shape index (κ1) is 22.5. The van der Waals surface area contributed by atoms with E-state index in [0.29, 0.717) is 36.5 Å². The van der Waals surface area contributed by atoms with Gasteiger partial charge in [-0.05, 0) is 29.4 Å². The monoisotopic (exact) mass is 412 g/mol. The molecule has 1 aliphatic rings. The van der Waals surface area contributed by atoms with E-state index in [1.807, 2.05) is 0 Å². The van der Waals surface area contributed by atoms with Crippen molar-refractivity contribution in [3.8, 4) is 0 Å². The highest BCUT2D eigenvalue weighted by Crippen LogP contribution is 2.17. The molecule has 1 aromatic carbocycles. The number of aromatic nitrogens is 1. The predicted molar refractivity (Wildman–Crippen MR) is 119 cm³/mol. The van der Waals surface area contributed by atoms with Gasteiger partial charge in [0.25, 0.3) is 5.91 Å². The van der Waals surface area contributed by atoms with Gasteiger partial charge >= 0.3 is 0 Å². The second-order valence-corrected chi connectivity index (χ2v) is 9.01. The Bertz CT molecular complexity index is 790. The van der Waals surface area contributed by atoms with Gasteiger partial charge in [-0.2, -0.15) is 0 Å². The molecule has 1 aliphatic heterocycles. The lowest BCUT2D eigenvalue weighted by molar-refractivity contribution is 0.0946. The van der Waals surface area contributed by atoms with E-state index in [4.69, 9.17) is 4.42 Å². The third-order valence-electron chi connectivity index (χ3n) is 5.67. The van der Waals surface area contributed by atoms with Crippen molar-refractivity contribution in [2.45, 2.75) is 53.1 Å². The number of benzene rings is 1. The number of amides is 1. The van der Waals surface area contributed by atoms with Gasteiger partial charge in [-0.25, -0.2) is 4.98 Å². The van der Waals surface area contributed by atoms with Gasteiger partial charge in [0.05, 0.1) is 6.54 Å². The molecule has 1 aromatic heterocycles. The van der Waals surface area contributed by atoms with Gasteiger partial charge in [-0.3, -0.25) is 14.6 Å². The fraction of sp³-hybridized carbons (Fsp3) is 0.583. The molecule has 0 spiro atoms. The largest absolute Gasteiger partial charge is 0.447 e. The fourth-order valence-electron chi connectivity index (χ4n) is 3.62. The van der Waals surface area contributed by atoms with Crippen molar-refractivity contribution in [2.75, 3.05) is 32.7 Å². The van der Waals surface area contributed by atoms with Crippen LogP contribution < -0.4 is 5.32 Å². The molecule has 0 bridgehead atoms.